The number of aliphatic hydroxyl groups is 1. The molecule has 0 aliphatic carbocycles. The minimum Gasteiger partial charge on any atom is -0.388 e. The van der Waals surface area contributed by atoms with Gasteiger partial charge in [-0.05, 0) is 56.0 Å². The normalized spacial score (nSPS) is 14.3. The molecule has 2 rings (SSSR count). The van der Waals surface area contributed by atoms with Crippen LogP contribution in [0.2, 0.25) is 5.02 Å². The number of nitrogens with zero attached hydrogens (tertiary/aromatic N) is 1. The minimum atomic E-state index is -0.432. The third kappa shape index (κ3) is 5.11. The molecule has 1 N–H and O–H groups in total. The van der Waals surface area contributed by atoms with Crippen LogP contribution in [0.1, 0.15) is 29.9 Å². The number of benzene rings is 1. The summed E-state index contributed by atoms with van der Waals surface area (Å²) in [4.78, 5) is 3.71. The van der Waals surface area contributed by atoms with Crippen LogP contribution in [0.4, 0.5) is 0 Å². The maximum absolute atomic E-state index is 10.2. The molecule has 114 valence electrons. The lowest BCUT2D eigenvalue weighted by molar-refractivity contribution is 0.139. The molecule has 0 bridgehead atoms. The summed E-state index contributed by atoms with van der Waals surface area (Å²) in [5.74, 6) is 0. The smallest absolute Gasteiger partial charge is 0.0802 e. The van der Waals surface area contributed by atoms with E-state index < -0.39 is 6.10 Å². The summed E-state index contributed by atoms with van der Waals surface area (Å²) in [6.45, 7) is 3.10. The maximum atomic E-state index is 10.2. The lowest BCUT2D eigenvalue weighted by Crippen LogP contribution is -2.32. The van der Waals surface area contributed by atoms with Gasteiger partial charge in [-0.15, -0.1) is 11.3 Å². The fourth-order valence-corrected chi connectivity index (χ4v) is 3.23. The fraction of sp³-hybridized carbons (Fsp3) is 0.412. The molecule has 1 heterocycles. The van der Waals surface area contributed by atoms with Crippen LogP contribution in [-0.4, -0.2) is 29.6 Å². The van der Waals surface area contributed by atoms with Crippen molar-refractivity contribution in [2.75, 3.05) is 13.6 Å². The molecule has 1 aromatic carbocycles. The summed E-state index contributed by atoms with van der Waals surface area (Å²) in [7, 11) is 2.12. The van der Waals surface area contributed by atoms with Crippen molar-refractivity contribution in [3.63, 3.8) is 0 Å². The van der Waals surface area contributed by atoms with Gasteiger partial charge in [0.15, 0.2) is 0 Å². The highest BCUT2D eigenvalue weighted by Crippen LogP contribution is 2.20. The van der Waals surface area contributed by atoms with Gasteiger partial charge in [0.1, 0.15) is 0 Å². The van der Waals surface area contributed by atoms with Crippen molar-refractivity contribution in [3.05, 3.63) is 57.2 Å². The Bertz CT molecular complexity index is 526. The average Bonchev–Trinajstić information content (AvgIpc) is 2.98. The van der Waals surface area contributed by atoms with Gasteiger partial charge in [-0.25, -0.2) is 0 Å². The Hall–Kier alpha value is -0.870. The second-order valence-corrected chi connectivity index (χ2v) is 6.94. The zero-order valence-electron chi connectivity index (χ0n) is 12.5. The van der Waals surface area contributed by atoms with E-state index in [1.807, 2.05) is 24.3 Å². The molecular formula is C17H22ClNOS. The molecule has 0 amide bonds. The van der Waals surface area contributed by atoms with Gasteiger partial charge in [-0.2, -0.15) is 0 Å². The van der Waals surface area contributed by atoms with Crippen LogP contribution in [0, 0.1) is 0 Å². The summed E-state index contributed by atoms with van der Waals surface area (Å²) in [6, 6.07) is 12.2. The molecule has 2 atom stereocenters. The summed E-state index contributed by atoms with van der Waals surface area (Å²) in [6.07, 6.45) is 1.36. The van der Waals surface area contributed by atoms with Gasteiger partial charge < -0.3 is 10.0 Å². The topological polar surface area (TPSA) is 23.5 Å². The van der Waals surface area contributed by atoms with E-state index in [1.165, 1.54) is 4.88 Å². The number of hydrogen-bond donors (Lipinski definition) is 1. The molecule has 0 saturated carbocycles. The first-order valence-electron chi connectivity index (χ1n) is 7.22. The Morgan fingerprint density at radius 2 is 1.95 bits per heavy atom. The quantitative estimate of drug-likeness (QED) is 0.817. The van der Waals surface area contributed by atoms with E-state index in [0.29, 0.717) is 11.1 Å². The number of hydrogen-bond acceptors (Lipinski definition) is 3. The zero-order chi connectivity index (χ0) is 15.2. The second-order valence-electron chi connectivity index (χ2n) is 5.47. The predicted molar refractivity (Wildman–Crippen MR) is 91.1 cm³/mol. The molecule has 0 radical (unpaired) electrons. The van der Waals surface area contributed by atoms with Crippen molar-refractivity contribution in [2.24, 2.45) is 0 Å². The first-order chi connectivity index (χ1) is 10.1. The largest absolute Gasteiger partial charge is 0.388 e. The number of aliphatic hydroxyl groups excluding tert-OH is 1. The molecule has 4 heteroatoms. The minimum absolute atomic E-state index is 0.432. The van der Waals surface area contributed by atoms with Crippen LogP contribution < -0.4 is 0 Å². The summed E-state index contributed by atoms with van der Waals surface area (Å²) >= 11 is 7.67. The fourth-order valence-electron chi connectivity index (χ4n) is 2.27. The second kappa shape index (κ2) is 7.95. The van der Waals surface area contributed by atoms with Crippen LogP contribution in [0.3, 0.4) is 0 Å². The van der Waals surface area contributed by atoms with Crippen molar-refractivity contribution in [3.8, 4) is 0 Å². The standard InChI is InChI=1S/C17H22ClNOS/c1-13(12-16-4-3-11-21-16)19(2)10-9-17(20)14-5-7-15(18)8-6-14/h3-8,11,13,17,20H,9-10,12H2,1-2H3. The van der Waals surface area contributed by atoms with Crippen LogP contribution in [-0.2, 0) is 6.42 Å². The van der Waals surface area contributed by atoms with Gasteiger partial charge in [0.05, 0.1) is 6.10 Å². The van der Waals surface area contributed by atoms with Gasteiger partial charge in [0, 0.05) is 22.5 Å². The van der Waals surface area contributed by atoms with Crippen LogP contribution >= 0.6 is 22.9 Å². The van der Waals surface area contributed by atoms with Crippen LogP contribution in [0.25, 0.3) is 0 Å². The Labute approximate surface area is 136 Å². The Kier molecular flexibility index (Phi) is 6.24. The molecular weight excluding hydrogens is 302 g/mol. The molecule has 1 aromatic heterocycles. The number of rotatable bonds is 7. The van der Waals surface area contributed by atoms with Crippen molar-refractivity contribution in [1.82, 2.24) is 4.90 Å². The highest BCUT2D eigenvalue weighted by molar-refractivity contribution is 7.09. The van der Waals surface area contributed by atoms with E-state index in [9.17, 15) is 5.11 Å². The van der Waals surface area contributed by atoms with Gasteiger partial charge in [-0.1, -0.05) is 29.8 Å². The van der Waals surface area contributed by atoms with Gasteiger partial charge in [0.2, 0.25) is 0 Å². The monoisotopic (exact) mass is 323 g/mol. The Balaban J connectivity index is 1.79. The number of likely N-dealkylation sites (N-methyl/N-ethyl adjacent to an activating group) is 1. The van der Waals surface area contributed by atoms with E-state index in [2.05, 4.69) is 36.4 Å². The molecule has 2 nitrogen and oxygen atoms in total. The summed E-state index contributed by atoms with van der Waals surface area (Å²) < 4.78 is 0. The van der Waals surface area contributed by atoms with Gasteiger partial charge >= 0.3 is 0 Å². The third-order valence-corrected chi connectivity index (χ3v) is 4.99. The molecule has 0 spiro atoms. The van der Waals surface area contributed by atoms with Crippen molar-refractivity contribution in [1.29, 1.82) is 0 Å². The lowest BCUT2D eigenvalue weighted by atomic mass is 10.1. The van der Waals surface area contributed by atoms with Crippen LogP contribution in [0.5, 0.6) is 0 Å². The van der Waals surface area contributed by atoms with Crippen molar-refractivity contribution in [2.45, 2.75) is 31.9 Å². The highest BCUT2D eigenvalue weighted by Gasteiger charge is 2.13. The van der Waals surface area contributed by atoms with Crippen molar-refractivity contribution < 1.29 is 5.11 Å². The van der Waals surface area contributed by atoms with Gasteiger partial charge in [0.25, 0.3) is 0 Å². The Morgan fingerprint density at radius 3 is 2.57 bits per heavy atom. The van der Waals surface area contributed by atoms with Gasteiger partial charge in [-0.3, -0.25) is 0 Å². The first kappa shape index (κ1) is 16.5. The molecule has 0 saturated heterocycles. The summed E-state index contributed by atoms with van der Waals surface area (Å²) in [5.41, 5.74) is 0.929. The highest BCUT2D eigenvalue weighted by atomic mass is 35.5. The van der Waals surface area contributed by atoms with E-state index in [0.717, 1.165) is 24.9 Å². The van der Waals surface area contributed by atoms with Crippen molar-refractivity contribution >= 4 is 22.9 Å². The van der Waals surface area contributed by atoms with E-state index in [1.54, 1.807) is 11.3 Å². The summed E-state index contributed by atoms with van der Waals surface area (Å²) in [5, 5.41) is 13.0. The molecule has 2 unspecified atom stereocenters. The molecule has 0 aliphatic heterocycles. The van der Waals surface area contributed by atoms with Crippen LogP contribution in [0.15, 0.2) is 41.8 Å². The molecule has 2 aromatic rings. The molecule has 0 aliphatic rings. The number of thiophene rings is 1. The maximum Gasteiger partial charge on any atom is 0.0802 e. The Morgan fingerprint density at radius 1 is 1.24 bits per heavy atom. The molecule has 0 fully saturated rings. The lowest BCUT2D eigenvalue weighted by Gasteiger charge is -2.25. The zero-order valence-corrected chi connectivity index (χ0v) is 14.1. The third-order valence-electron chi connectivity index (χ3n) is 3.84. The van der Waals surface area contributed by atoms with E-state index >= 15 is 0 Å². The SMILES string of the molecule is CC(Cc1cccs1)N(C)CCC(O)c1ccc(Cl)cc1. The van der Waals surface area contributed by atoms with E-state index in [-0.39, 0.29) is 0 Å². The molecule has 21 heavy (non-hydrogen) atoms. The predicted octanol–water partition coefficient (Wildman–Crippen LogP) is 4.39. The number of halogens is 1. The average molecular weight is 324 g/mol. The van der Waals surface area contributed by atoms with E-state index in [4.69, 9.17) is 11.6 Å². The first-order valence-corrected chi connectivity index (χ1v) is 8.48.